The van der Waals surface area contributed by atoms with Gasteiger partial charge in [0.15, 0.2) is 0 Å². The highest BCUT2D eigenvalue weighted by Gasteiger charge is 2.21. The third kappa shape index (κ3) is 3.98. The largest absolute Gasteiger partial charge is 0.240 e. The van der Waals surface area contributed by atoms with Crippen LogP contribution in [0.25, 0.3) is 0 Å². The van der Waals surface area contributed by atoms with E-state index in [2.05, 4.69) is 22.1 Å². The molecule has 21 heavy (non-hydrogen) atoms. The first kappa shape index (κ1) is 15.4. The lowest BCUT2D eigenvalue weighted by Gasteiger charge is -2.25. The number of aryl methyl sites for hydroxylation is 2. The molecule has 110 valence electrons. The molecule has 1 aromatic rings. The fraction of sp³-hybridized carbons (Fsp3) is 0.529. The summed E-state index contributed by atoms with van der Waals surface area (Å²) in [6.07, 6.45) is 8.47. The van der Waals surface area contributed by atoms with Gasteiger partial charge in [-0.2, -0.15) is 4.99 Å². The molecule has 0 heterocycles. The molecular formula is C17H20N2O2. The zero-order valence-electron chi connectivity index (χ0n) is 12.6. The van der Waals surface area contributed by atoms with Crippen LogP contribution >= 0.6 is 0 Å². The van der Waals surface area contributed by atoms with E-state index >= 15 is 0 Å². The summed E-state index contributed by atoms with van der Waals surface area (Å²) >= 11 is 0. The Morgan fingerprint density at radius 2 is 1.67 bits per heavy atom. The molecule has 1 aromatic carbocycles. The van der Waals surface area contributed by atoms with Crippen molar-refractivity contribution in [1.82, 2.24) is 0 Å². The maximum atomic E-state index is 10.4. The highest BCUT2D eigenvalue weighted by molar-refractivity contribution is 5.59. The second kappa shape index (κ2) is 7.12. The lowest BCUT2D eigenvalue weighted by molar-refractivity contribution is 0.325. The summed E-state index contributed by atoms with van der Waals surface area (Å²) in [6.45, 7) is 3.95. The van der Waals surface area contributed by atoms with Crippen LogP contribution in [0.4, 0.5) is 5.69 Å². The maximum absolute atomic E-state index is 10.4. The van der Waals surface area contributed by atoms with Gasteiger partial charge in [-0.05, 0) is 68.6 Å². The number of hydrogen-bond donors (Lipinski definition) is 0. The molecule has 1 saturated carbocycles. The van der Waals surface area contributed by atoms with E-state index in [4.69, 9.17) is 0 Å². The summed E-state index contributed by atoms with van der Waals surface area (Å²) in [6, 6.07) is 4.39. The van der Waals surface area contributed by atoms with Crippen LogP contribution in [0.2, 0.25) is 0 Å². The lowest BCUT2D eigenvalue weighted by atomic mass is 9.82. The third-order valence-corrected chi connectivity index (χ3v) is 4.28. The Hall–Kier alpha value is -2.02. The van der Waals surface area contributed by atoms with Crippen molar-refractivity contribution in [2.24, 2.45) is 15.9 Å². The Morgan fingerprint density at radius 3 is 2.19 bits per heavy atom. The fourth-order valence-corrected chi connectivity index (χ4v) is 3.27. The number of carbonyl (C=O) groups excluding carboxylic acids is 2. The lowest BCUT2D eigenvalue weighted by Crippen LogP contribution is -2.18. The van der Waals surface area contributed by atoms with Gasteiger partial charge in [-0.1, -0.05) is 12.1 Å². The molecule has 4 nitrogen and oxygen atoms in total. The van der Waals surface area contributed by atoms with Gasteiger partial charge in [0.05, 0.1) is 11.7 Å². The fourth-order valence-electron chi connectivity index (χ4n) is 3.27. The second-order valence-corrected chi connectivity index (χ2v) is 5.88. The van der Waals surface area contributed by atoms with Crippen LogP contribution in [0.1, 0.15) is 42.4 Å². The first-order chi connectivity index (χ1) is 10.1. The quantitative estimate of drug-likeness (QED) is 0.625. The van der Waals surface area contributed by atoms with Crippen molar-refractivity contribution in [1.29, 1.82) is 0 Å². The van der Waals surface area contributed by atoms with E-state index in [0.717, 1.165) is 48.9 Å². The van der Waals surface area contributed by atoms with Crippen molar-refractivity contribution < 1.29 is 9.59 Å². The Balaban J connectivity index is 2.04. The normalized spacial score (nSPS) is 21.2. The first-order valence-electron chi connectivity index (χ1n) is 7.39. The summed E-state index contributed by atoms with van der Waals surface area (Å²) in [7, 11) is 0. The van der Waals surface area contributed by atoms with Crippen LogP contribution in [-0.4, -0.2) is 18.2 Å². The Kier molecular flexibility index (Phi) is 5.21. The molecule has 1 aliphatic carbocycles. The van der Waals surface area contributed by atoms with Crippen LogP contribution in [-0.2, 0) is 16.0 Å². The van der Waals surface area contributed by atoms with Crippen molar-refractivity contribution >= 4 is 17.8 Å². The van der Waals surface area contributed by atoms with Gasteiger partial charge in [0.2, 0.25) is 12.2 Å². The average molecular weight is 284 g/mol. The van der Waals surface area contributed by atoms with E-state index in [1.165, 1.54) is 5.56 Å². The van der Waals surface area contributed by atoms with Crippen LogP contribution in [0.15, 0.2) is 22.1 Å². The van der Waals surface area contributed by atoms with Crippen LogP contribution in [0, 0.1) is 19.8 Å². The van der Waals surface area contributed by atoms with Crippen molar-refractivity contribution in [3.05, 3.63) is 28.8 Å². The topological polar surface area (TPSA) is 58.9 Å². The summed E-state index contributed by atoms with van der Waals surface area (Å²) in [5.74, 6) is 0.641. The van der Waals surface area contributed by atoms with Gasteiger partial charge in [0, 0.05) is 0 Å². The van der Waals surface area contributed by atoms with Crippen molar-refractivity contribution in [2.45, 2.75) is 52.0 Å². The number of aliphatic imine (C=N–C) groups is 2. The number of rotatable bonds is 4. The van der Waals surface area contributed by atoms with Gasteiger partial charge in [0.25, 0.3) is 0 Å². The monoisotopic (exact) mass is 284 g/mol. The van der Waals surface area contributed by atoms with E-state index in [-0.39, 0.29) is 6.04 Å². The number of benzene rings is 1. The number of isocyanates is 2. The Bertz CT molecular complexity index is 580. The molecule has 0 saturated heterocycles. The highest BCUT2D eigenvalue weighted by atomic mass is 16.1. The van der Waals surface area contributed by atoms with Gasteiger partial charge in [-0.25, -0.2) is 14.6 Å². The smallest absolute Gasteiger partial charge is 0.211 e. The minimum absolute atomic E-state index is 0.173. The van der Waals surface area contributed by atoms with Crippen LogP contribution in [0.3, 0.4) is 0 Å². The minimum atomic E-state index is 0.173. The molecule has 0 radical (unpaired) electrons. The molecule has 2 rings (SSSR count). The zero-order chi connectivity index (χ0) is 15.2. The summed E-state index contributed by atoms with van der Waals surface area (Å²) in [5, 5.41) is 0. The van der Waals surface area contributed by atoms with Crippen LogP contribution < -0.4 is 0 Å². The second-order valence-electron chi connectivity index (χ2n) is 5.88. The molecule has 0 spiro atoms. The van der Waals surface area contributed by atoms with Gasteiger partial charge in [-0.15, -0.1) is 0 Å². The third-order valence-electron chi connectivity index (χ3n) is 4.28. The van der Waals surface area contributed by atoms with Crippen molar-refractivity contribution in [3.8, 4) is 0 Å². The van der Waals surface area contributed by atoms with Gasteiger partial charge in [-0.3, -0.25) is 0 Å². The molecule has 0 unspecified atom stereocenters. The molecular weight excluding hydrogens is 264 g/mol. The van der Waals surface area contributed by atoms with E-state index in [1.54, 1.807) is 12.2 Å². The first-order valence-corrected chi connectivity index (χ1v) is 7.39. The summed E-state index contributed by atoms with van der Waals surface area (Å²) < 4.78 is 0. The van der Waals surface area contributed by atoms with E-state index in [9.17, 15) is 9.59 Å². The van der Waals surface area contributed by atoms with Crippen molar-refractivity contribution in [3.63, 3.8) is 0 Å². The molecule has 0 bridgehead atoms. The number of nitrogens with zero attached hydrogens (tertiary/aromatic N) is 2. The highest BCUT2D eigenvalue weighted by Crippen LogP contribution is 2.31. The van der Waals surface area contributed by atoms with E-state index < -0.39 is 0 Å². The van der Waals surface area contributed by atoms with Gasteiger partial charge >= 0.3 is 0 Å². The molecule has 0 N–H and O–H groups in total. The predicted molar refractivity (Wildman–Crippen MR) is 81.3 cm³/mol. The van der Waals surface area contributed by atoms with Crippen LogP contribution in [0.5, 0.6) is 0 Å². The van der Waals surface area contributed by atoms with Gasteiger partial charge in [0.1, 0.15) is 0 Å². The molecule has 0 amide bonds. The molecule has 0 aliphatic heterocycles. The molecule has 4 heteroatoms. The maximum Gasteiger partial charge on any atom is 0.240 e. The summed E-state index contributed by atoms with van der Waals surface area (Å²) in [4.78, 5) is 28.3. The van der Waals surface area contributed by atoms with E-state index in [0.29, 0.717) is 5.92 Å². The van der Waals surface area contributed by atoms with E-state index in [1.807, 2.05) is 13.8 Å². The molecule has 1 aliphatic rings. The zero-order valence-corrected chi connectivity index (χ0v) is 12.6. The SMILES string of the molecule is Cc1cc(CC2CCC(N=C=O)CC2)cc(C)c1N=C=O. The predicted octanol–water partition coefficient (Wildman–Crippen LogP) is 3.71. The number of hydrogen-bond acceptors (Lipinski definition) is 4. The molecule has 0 aromatic heterocycles. The standard InChI is InChI=1S/C17H20N2O2/c1-12-7-15(8-13(2)17(12)19-11-21)9-14-3-5-16(6-4-14)18-10-20/h7-8,14,16H,3-6,9H2,1-2H3. The Labute approximate surface area is 125 Å². The Morgan fingerprint density at radius 1 is 1.05 bits per heavy atom. The van der Waals surface area contributed by atoms with Crippen molar-refractivity contribution in [2.75, 3.05) is 0 Å². The molecule has 1 fully saturated rings. The van der Waals surface area contributed by atoms with Gasteiger partial charge < -0.3 is 0 Å². The average Bonchev–Trinajstić information content (AvgIpc) is 2.45. The summed E-state index contributed by atoms with van der Waals surface area (Å²) in [5.41, 5.74) is 4.06. The molecule has 0 atom stereocenters. The minimum Gasteiger partial charge on any atom is -0.211 e.